The molecule has 30 heavy (non-hydrogen) atoms. The Hall–Kier alpha value is -3.49. The van der Waals surface area contributed by atoms with Crippen molar-refractivity contribution in [2.75, 3.05) is 12.0 Å². The summed E-state index contributed by atoms with van der Waals surface area (Å²) in [6.07, 6.45) is 1.98. The molecule has 0 spiro atoms. The van der Waals surface area contributed by atoms with E-state index < -0.39 is 10.7 Å². The van der Waals surface area contributed by atoms with Crippen LogP contribution in [0.25, 0.3) is 22.8 Å². The zero-order valence-corrected chi connectivity index (χ0v) is 16.8. The Bertz CT molecular complexity index is 1090. The number of halogens is 1. The molecule has 3 aromatic rings. The molecule has 0 amide bonds. The van der Waals surface area contributed by atoms with Crippen LogP contribution in [0.3, 0.4) is 0 Å². The molecule has 1 aromatic heterocycles. The van der Waals surface area contributed by atoms with Crippen LogP contribution >= 0.6 is 0 Å². The minimum absolute atomic E-state index is 0.0174. The van der Waals surface area contributed by atoms with E-state index in [0.717, 1.165) is 12.8 Å². The second-order valence-electron chi connectivity index (χ2n) is 7.41. The van der Waals surface area contributed by atoms with Crippen LogP contribution in [0.2, 0.25) is 0 Å². The lowest BCUT2D eigenvalue weighted by atomic mass is 10.1. The van der Waals surface area contributed by atoms with Crippen molar-refractivity contribution in [3.05, 3.63) is 52.3 Å². The minimum atomic E-state index is -0.467. The van der Waals surface area contributed by atoms with Gasteiger partial charge in [0.15, 0.2) is 0 Å². The number of ether oxygens (including phenoxy) is 1. The highest BCUT2D eigenvalue weighted by molar-refractivity contribution is 5.73. The molecule has 1 saturated heterocycles. The zero-order chi connectivity index (χ0) is 21.4. The summed E-state index contributed by atoms with van der Waals surface area (Å²) in [6.45, 7) is 4.13. The number of nitrogens with zero attached hydrogens (tertiary/aromatic N) is 4. The van der Waals surface area contributed by atoms with Crippen molar-refractivity contribution >= 4 is 11.4 Å². The maximum absolute atomic E-state index is 13.7. The fraction of sp³-hybridized carbons (Fsp3) is 0.333. The molecule has 8 nitrogen and oxygen atoms in total. The van der Waals surface area contributed by atoms with Crippen LogP contribution in [0.15, 0.2) is 40.9 Å². The van der Waals surface area contributed by atoms with Crippen molar-refractivity contribution in [3.63, 3.8) is 0 Å². The summed E-state index contributed by atoms with van der Waals surface area (Å²) in [5.41, 5.74) is 1.31. The average molecular weight is 412 g/mol. The second-order valence-corrected chi connectivity index (χ2v) is 7.41. The predicted molar refractivity (Wildman–Crippen MR) is 109 cm³/mol. The molecule has 0 radical (unpaired) electrons. The number of anilines is 1. The first-order chi connectivity index (χ1) is 14.4. The van der Waals surface area contributed by atoms with E-state index in [-0.39, 0.29) is 29.5 Å². The summed E-state index contributed by atoms with van der Waals surface area (Å²) < 4.78 is 24.2. The first kappa shape index (κ1) is 19.8. The maximum Gasteiger partial charge on any atom is 0.293 e. The Morgan fingerprint density at radius 3 is 2.60 bits per heavy atom. The standard InChI is InChI=1S/C21H21FN4O4/c1-12-4-5-13(2)25(12)17-8-6-14(10-18(17)26(27)28)21-23-20(24-30-21)16-11-15(22)7-9-19(16)29-3/h6-13H,4-5H2,1-3H3. The minimum Gasteiger partial charge on any atom is -0.496 e. The summed E-state index contributed by atoms with van der Waals surface area (Å²) in [7, 11) is 1.46. The highest BCUT2D eigenvalue weighted by Crippen LogP contribution is 2.39. The van der Waals surface area contributed by atoms with E-state index in [9.17, 15) is 14.5 Å². The fourth-order valence-corrected chi connectivity index (χ4v) is 4.00. The van der Waals surface area contributed by atoms with E-state index in [0.29, 0.717) is 22.6 Å². The number of nitro groups is 1. The number of nitro benzene ring substituents is 1. The highest BCUT2D eigenvalue weighted by atomic mass is 19.1. The van der Waals surface area contributed by atoms with Crippen LogP contribution in [0, 0.1) is 15.9 Å². The molecule has 0 N–H and O–H groups in total. The Morgan fingerprint density at radius 1 is 1.20 bits per heavy atom. The van der Waals surface area contributed by atoms with Gasteiger partial charge in [-0.3, -0.25) is 10.1 Å². The molecule has 1 fully saturated rings. The molecular formula is C21H21FN4O4. The van der Waals surface area contributed by atoms with Crippen LogP contribution in [0.1, 0.15) is 26.7 Å². The third-order valence-corrected chi connectivity index (χ3v) is 5.48. The van der Waals surface area contributed by atoms with Gasteiger partial charge in [-0.1, -0.05) is 5.16 Å². The highest BCUT2D eigenvalue weighted by Gasteiger charge is 2.32. The average Bonchev–Trinajstić information content (AvgIpc) is 3.34. The zero-order valence-electron chi connectivity index (χ0n) is 16.8. The Labute approximate surface area is 172 Å². The van der Waals surface area contributed by atoms with Crippen molar-refractivity contribution in [2.45, 2.75) is 38.8 Å². The van der Waals surface area contributed by atoms with Crippen molar-refractivity contribution in [3.8, 4) is 28.6 Å². The molecule has 2 atom stereocenters. The van der Waals surface area contributed by atoms with E-state index in [1.165, 1.54) is 31.4 Å². The first-order valence-electron chi connectivity index (χ1n) is 9.63. The van der Waals surface area contributed by atoms with E-state index >= 15 is 0 Å². The largest absolute Gasteiger partial charge is 0.496 e. The van der Waals surface area contributed by atoms with Crippen LogP contribution < -0.4 is 9.64 Å². The third kappa shape index (κ3) is 3.47. The van der Waals surface area contributed by atoms with Crippen LogP contribution in [0.5, 0.6) is 5.75 Å². The van der Waals surface area contributed by atoms with Crippen LogP contribution in [-0.2, 0) is 0 Å². The summed E-state index contributed by atoms with van der Waals surface area (Å²) >= 11 is 0. The quantitative estimate of drug-likeness (QED) is 0.437. The molecule has 2 aromatic carbocycles. The Kier molecular flexibility index (Phi) is 5.11. The molecule has 2 heterocycles. The SMILES string of the molecule is COc1ccc(F)cc1-c1noc(-c2ccc(N3C(C)CCC3C)c([N+](=O)[O-])c2)n1. The van der Waals surface area contributed by atoms with Gasteiger partial charge in [0.05, 0.1) is 17.6 Å². The number of benzene rings is 2. The molecule has 1 aliphatic heterocycles. The van der Waals surface area contributed by atoms with E-state index in [1.807, 2.05) is 0 Å². The van der Waals surface area contributed by atoms with Gasteiger partial charge in [-0.05, 0) is 57.0 Å². The maximum atomic E-state index is 13.7. The van der Waals surface area contributed by atoms with Crippen LogP contribution in [-0.4, -0.2) is 34.3 Å². The second kappa shape index (κ2) is 7.74. The molecule has 0 aliphatic carbocycles. The lowest BCUT2D eigenvalue weighted by molar-refractivity contribution is -0.384. The van der Waals surface area contributed by atoms with Gasteiger partial charge >= 0.3 is 0 Å². The monoisotopic (exact) mass is 412 g/mol. The smallest absolute Gasteiger partial charge is 0.293 e. The number of hydrogen-bond acceptors (Lipinski definition) is 7. The predicted octanol–water partition coefficient (Wildman–Crippen LogP) is 4.84. The van der Waals surface area contributed by atoms with E-state index in [4.69, 9.17) is 9.26 Å². The van der Waals surface area contributed by atoms with E-state index in [1.54, 1.807) is 12.1 Å². The van der Waals surface area contributed by atoms with Gasteiger partial charge in [-0.2, -0.15) is 4.98 Å². The van der Waals surface area contributed by atoms with Gasteiger partial charge in [0, 0.05) is 23.7 Å². The molecule has 156 valence electrons. The van der Waals surface area contributed by atoms with Crippen LogP contribution in [0.4, 0.5) is 15.8 Å². The molecule has 0 saturated carbocycles. The van der Waals surface area contributed by atoms with Gasteiger partial charge in [-0.25, -0.2) is 4.39 Å². The Morgan fingerprint density at radius 2 is 1.93 bits per heavy atom. The molecule has 0 bridgehead atoms. The van der Waals surface area contributed by atoms with Crippen molar-refractivity contribution in [2.24, 2.45) is 0 Å². The van der Waals surface area contributed by atoms with Crippen molar-refractivity contribution in [1.82, 2.24) is 10.1 Å². The summed E-state index contributed by atoms with van der Waals surface area (Å²) in [5, 5.41) is 15.7. The topological polar surface area (TPSA) is 94.5 Å². The number of aromatic nitrogens is 2. The summed E-state index contributed by atoms with van der Waals surface area (Å²) in [5.74, 6) is 0.163. The Balaban J connectivity index is 1.73. The normalized spacial score (nSPS) is 18.6. The molecule has 4 rings (SSSR count). The van der Waals surface area contributed by atoms with Gasteiger partial charge < -0.3 is 14.2 Å². The van der Waals surface area contributed by atoms with Gasteiger partial charge in [-0.15, -0.1) is 0 Å². The van der Waals surface area contributed by atoms with E-state index in [2.05, 4.69) is 28.9 Å². The lowest BCUT2D eigenvalue weighted by Crippen LogP contribution is -2.33. The molecular weight excluding hydrogens is 391 g/mol. The van der Waals surface area contributed by atoms with Gasteiger partial charge in [0.1, 0.15) is 17.3 Å². The van der Waals surface area contributed by atoms with Gasteiger partial charge in [0.2, 0.25) is 5.82 Å². The fourth-order valence-electron chi connectivity index (χ4n) is 4.00. The summed E-state index contributed by atoms with van der Waals surface area (Å²) in [4.78, 5) is 17.8. The van der Waals surface area contributed by atoms with Crippen molar-refractivity contribution < 1.29 is 18.6 Å². The number of rotatable bonds is 5. The number of hydrogen-bond donors (Lipinski definition) is 0. The number of methoxy groups -OCH3 is 1. The lowest BCUT2D eigenvalue weighted by Gasteiger charge is -2.28. The molecule has 2 unspecified atom stereocenters. The first-order valence-corrected chi connectivity index (χ1v) is 9.63. The summed E-state index contributed by atoms with van der Waals surface area (Å²) in [6, 6.07) is 9.31. The van der Waals surface area contributed by atoms with Crippen molar-refractivity contribution in [1.29, 1.82) is 0 Å². The molecule has 9 heteroatoms. The third-order valence-electron chi connectivity index (χ3n) is 5.48. The van der Waals surface area contributed by atoms with Gasteiger partial charge in [0.25, 0.3) is 11.6 Å². The molecule has 1 aliphatic rings.